The van der Waals surface area contributed by atoms with Gasteiger partial charge in [-0.1, -0.05) is 69.9 Å². The van der Waals surface area contributed by atoms with E-state index in [2.05, 4.69) is 13.8 Å². The van der Waals surface area contributed by atoms with Crippen LogP contribution >= 0.6 is 0 Å². The average Bonchev–Trinajstić information content (AvgIpc) is 2.46. The summed E-state index contributed by atoms with van der Waals surface area (Å²) in [6.45, 7) is 4.52. The van der Waals surface area contributed by atoms with E-state index in [1.165, 1.54) is 32.1 Å². The molecule has 0 radical (unpaired) electrons. The van der Waals surface area contributed by atoms with Crippen molar-refractivity contribution in [3.63, 3.8) is 0 Å². The first kappa shape index (κ1) is 13.6. The van der Waals surface area contributed by atoms with Crippen LogP contribution in [0.15, 0.2) is 30.3 Å². The SMILES string of the molecule is CCC1CCCC(C(C)C(O)c2ccccc2)C1. The standard InChI is InChI=1S/C17H26O/c1-3-14-8-7-11-16(12-14)13(2)17(18)15-9-5-4-6-10-15/h4-6,9-10,13-14,16-18H,3,7-8,11-12H2,1-2H3. The van der Waals surface area contributed by atoms with Gasteiger partial charge in [-0.3, -0.25) is 0 Å². The molecular formula is C17H26O. The van der Waals surface area contributed by atoms with Gasteiger partial charge in [0.1, 0.15) is 0 Å². The van der Waals surface area contributed by atoms with Gasteiger partial charge in [-0.05, 0) is 29.7 Å². The number of hydrogen-bond acceptors (Lipinski definition) is 1. The van der Waals surface area contributed by atoms with Crippen molar-refractivity contribution in [3.8, 4) is 0 Å². The van der Waals surface area contributed by atoms with E-state index in [0.29, 0.717) is 11.8 Å². The molecule has 0 saturated heterocycles. The van der Waals surface area contributed by atoms with Crippen LogP contribution in [0.1, 0.15) is 57.6 Å². The van der Waals surface area contributed by atoms with Crippen LogP contribution in [0, 0.1) is 17.8 Å². The predicted molar refractivity (Wildman–Crippen MR) is 76.3 cm³/mol. The van der Waals surface area contributed by atoms with Crippen LogP contribution in [0.3, 0.4) is 0 Å². The van der Waals surface area contributed by atoms with Gasteiger partial charge in [-0.2, -0.15) is 0 Å². The van der Waals surface area contributed by atoms with Crippen LogP contribution < -0.4 is 0 Å². The molecule has 0 aliphatic heterocycles. The topological polar surface area (TPSA) is 20.2 Å². The summed E-state index contributed by atoms with van der Waals surface area (Å²) in [5, 5.41) is 10.5. The first-order valence-corrected chi connectivity index (χ1v) is 7.45. The van der Waals surface area contributed by atoms with Crippen LogP contribution in [0.5, 0.6) is 0 Å². The van der Waals surface area contributed by atoms with Gasteiger partial charge in [0.2, 0.25) is 0 Å². The molecule has 1 nitrogen and oxygen atoms in total. The summed E-state index contributed by atoms with van der Waals surface area (Å²) in [6, 6.07) is 10.1. The Morgan fingerprint density at radius 3 is 2.61 bits per heavy atom. The molecule has 100 valence electrons. The lowest BCUT2D eigenvalue weighted by Crippen LogP contribution is -2.25. The van der Waals surface area contributed by atoms with Crippen molar-refractivity contribution in [2.24, 2.45) is 17.8 Å². The van der Waals surface area contributed by atoms with Gasteiger partial charge in [0.15, 0.2) is 0 Å². The van der Waals surface area contributed by atoms with Crippen molar-refractivity contribution in [2.75, 3.05) is 0 Å². The molecule has 1 N–H and O–H groups in total. The molecule has 1 fully saturated rings. The second kappa shape index (κ2) is 6.38. The largest absolute Gasteiger partial charge is 0.388 e. The maximum absolute atomic E-state index is 10.5. The second-order valence-corrected chi connectivity index (χ2v) is 5.92. The predicted octanol–water partition coefficient (Wildman–Crippen LogP) is 4.57. The molecule has 1 aromatic rings. The Labute approximate surface area is 111 Å². The monoisotopic (exact) mass is 246 g/mol. The second-order valence-electron chi connectivity index (χ2n) is 5.92. The van der Waals surface area contributed by atoms with E-state index in [0.717, 1.165) is 11.5 Å². The van der Waals surface area contributed by atoms with E-state index in [1.54, 1.807) is 0 Å². The minimum absolute atomic E-state index is 0.299. The first-order chi connectivity index (χ1) is 8.72. The Balaban J connectivity index is 2.00. The molecule has 1 heteroatoms. The third-order valence-corrected chi connectivity index (χ3v) is 4.78. The fraction of sp³-hybridized carbons (Fsp3) is 0.647. The van der Waals surface area contributed by atoms with Gasteiger partial charge >= 0.3 is 0 Å². The van der Waals surface area contributed by atoms with Crippen LogP contribution in [0.2, 0.25) is 0 Å². The number of hydrogen-bond donors (Lipinski definition) is 1. The van der Waals surface area contributed by atoms with Crippen molar-refractivity contribution >= 4 is 0 Å². The molecule has 0 amide bonds. The van der Waals surface area contributed by atoms with Gasteiger partial charge in [0.25, 0.3) is 0 Å². The highest BCUT2D eigenvalue weighted by molar-refractivity contribution is 5.18. The van der Waals surface area contributed by atoms with E-state index in [4.69, 9.17) is 0 Å². The summed E-state index contributed by atoms with van der Waals surface area (Å²) in [4.78, 5) is 0. The molecule has 4 atom stereocenters. The van der Waals surface area contributed by atoms with Gasteiger partial charge in [-0.25, -0.2) is 0 Å². The van der Waals surface area contributed by atoms with Gasteiger partial charge in [0, 0.05) is 0 Å². The Bertz CT molecular complexity index is 346. The zero-order valence-corrected chi connectivity index (χ0v) is 11.7. The Kier molecular flexibility index (Phi) is 4.82. The van der Waals surface area contributed by atoms with E-state index < -0.39 is 0 Å². The van der Waals surface area contributed by atoms with Crippen LogP contribution in [0.4, 0.5) is 0 Å². The smallest absolute Gasteiger partial charge is 0.0818 e. The third-order valence-electron chi connectivity index (χ3n) is 4.78. The molecular weight excluding hydrogens is 220 g/mol. The van der Waals surface area contributed by atoms with Gasteiger partial charge < -0.3 is 5.11 Å². The molecule has 2 rings (SSSR count). The molecule has 0 aromatic heterocycles. The van der Waals surface area contributed by atoms with Crippen molar-refractivity contribution in [1.29, 1.82) is 0 Å². The lowest BCUT2D eigenvalue weighted by Gasteiger charge is -2.35. The lowest BCUT2D eigenvalue weighted by molar-refractivity contribution is 0.0578. The van der Waals surface area contributed by atoms with Crippen molar-refractivity contribution in [1.82, 2.24) is 0 Å². The number of aliphatic hydroxyl groups excluding tert-OH is 1. The van der Waals surface area contributed by atoms with Crippen molar-refractivity contribution < 1.29 is 5.11 Å². The summed E-state index contributed by atoms with van der Waals surface area (Å²) in [5.41, 5.74) is 1.07. The fourth-order valence-corrected chi connectivity index (χ4v) is 3.39. The lowest BCUT2D eigenvalue weighted by atomic mass is 9.72. The minimum atomic E-state index is -0.299. The molecule has 1 aliphatic carbocycles. The molecule has 18 heavy (non-hydrogen) atoms. The fourth-order valence-electron chi connectivity index (χ4n) is 3.39. The Morgan fingerprint density at radius 2 is 1.94 bits per heavy atom. The highest BCUT2D eigenvalue weighted by Crippen LogP contribution is 2.39. The molecule has 1 saturated carbocycles. The number of rotatable bonds is 4. The minimum Gasteiger partial charge on any atom is -0.388 e. The summed E-state index contributed by atoms with van der Waals surface area (Å²) in [5.74, 6) is 1.95. The van der Waals surface area contributed by atoms with E-state index >= 15 is 0 Å². The van der Waals surface area contributed by atoms with Crippen LogP contribution in [0.25, 0.3) is 0 Å². The molecule has 0 spiro atoms. The maximum Gasteiger partial charge on any atom is 0.0818 e. The Hall–Kier alpha value is -0.820. The molecule has 1 aromatic carbocycles. The highest BCUT2D eigenvalue weighted by atomic mass is 16.3. The average molecular weight is 246 g/mol. The third kappa shape index (κ3) is 3.14. The van der Waals surface area contributed by atoms with Gasteiger partial charge in [0.05, 0.1) is 6.10 Å². The normalized spacial score (nSPS) is 27.7. The van der Waals surface area contributed by atoms with E-state index in [-0.39, 0.29) is 6.10 Å². The molecule has 4 unspecified atom stereocenters. The first-order valence-electron chi connectivity index (χ1n) is 7.45. The van der Waals surface area contributed by atoms with Gasteiger partial charge in [-0.15, -0.1) is 0 Å². The molecule has 0 bridgehead atoms. The van der Waals surface area contributed by atoms with Crippen molar-refractivity contribution in [2.45, 2.75) is 52.1 Å². The van der Waals surface area contributed by atoms with Crippen LogP contribution in [-0.2, 0) is 0 Å². The molecule has 0 heterocycles. The van der Waals surface area contributed by atoms with Crippen molar-refractivity contribution in [3.05, 3.63) is 35.9 Å². The number of aliphatic hydroxyl groups is 1. The maximum atomic E-state index is 10.5. The Morgan fingerprint density at radius 1 is 1.22 bits per heavy atom. The quantitative estimate of drug-likeness (QED) is 0.825. The summed E-state index contributed by atoms with van der Waals surface area (Å²) < 4.78 is 0. The number of benzene rings is 1. The van der Waals surface area contributed by atoms with Crippen LogP contribution in [-0.4, -0.2) is 5.11 Å². The van der Waals surface area contributed by atoms with E-state index in [9.17, 15) is 5.11 Å². The summed E-state index contributed by atoms with van der Waals surface area (Å²) >= 11 is 0. The van der Waals surface area contributed by atoms with E-state index in [1.807, 2.05) is 30.3 Å². The summed E-state index contributed by atoms with van der Waals surface area (Å²) in [6.07, 6.45) is 6.33. The summed E-state index contributed by atoms with van der Waals surface area (Å²) in [7, 11) is 0. The zero-order valence-electron chi connectivity index (χ0n) is 11.7. The zero-order chi connectivity index (χ0) is 13.0. The molecule has 1 aliphatic rings. The highest BCUT2D eigenvalue weighted by Gasteiger charge is 2.29.